The molecule has 0 unspecified atom stereocenters. The van der Waals surface area contributed by atoms with Crippen molar-refractivity contribution in [3.05, 3.63) is 0 Å². The average molecular weight is 179 g/mol. The molecule has 0 heterocycles. The van der Waals surface area contributed by atoms with Crippen LogP contribution in [-0.2, 0) is 9.59 Å². The Morgan fingerprint density at radius 2 is 1.27 bits per heavy atom. The van der Waals surface area contributed by atoms with Crippen LogP contribution in [-0.4, -0.2) is 35.2 Å². The van der Waals surface area contributed by atoms with Crippen LogP contribution in [0.4, 0.5) is 0 Å². The third kappa shape index (κ3) is 18.1. The van der Waals surface area contributed by atoms with Gasteiger partial charge in [-0.1, -0.05) is 0 Å². The maximum Gasteiger partial charge on any atom is 1.00 e. The van der Waals surface area contributed by atoms with Crippen LogP contribution in [0.2, 0.25) is 0 Å². The molecule has 0 rings (SSSR count). The van der Waals surface area contributed by atoms with Gasteiger partial charge in [0, 0.05) is 0 Å². The van der Waals surface area contributed by atoms with Crippen molar-refractivity contribution in [3.8, 4) is 0 Å². The van der Waals surface area contributed by atoms with E-state index in [0.717, 1.165) is 0 Å². The SMILES string of the molecule is O=C(O)CNCC(=O)O.[Na+].[Na+]. The first-order valence-corrected chi connectivity index (χ1v) is 2.27. The molecule has 0 bridgehead atoms. The van der Waals surface area contributed by atoms with Gasteiger partial charge in [-0.05, 0) is 0 Å². The average Bonchev–Trinajstić information content (AvgIpc) is 1.63. The molecule has 0 aromatic carbocycles. The topological polar surface area (TPSA) is 86.6 Å². The molecule has 5 nitrogen and oxygen atoms in total. The molecule has 7 heteroatoms. The molecule has 0 saturated heterocycles. The van der Waals surface area contributed by atoms with E-state index in [9.17, 15) is 9.59 Å². The zero-order valence-corrected chi connectivity index (χ0v) is 10.6. The smallest absolute Gasteiger partial charge is 0.480 e. The van der Waals surface area contributed by atoms with E-state index in [1.165, 1.54) is 0 Å². The molecule has 52 valence electrons. The number of carboxylic acids is 2. The Balaban J connectivity index is -0.000000320. The molecule has 0 radical (unpaired) electrons. The van der Waals surface area contributed by atoms with Crippen LogP contribution in [0.3, 0.4) is 0 Å². The van der Waals surface area contributed by atoms with Crippen molar-refractivity contribution < 1.29 is 78.9 Å². The van der Waals surface area contributed by atoms with E-state index >= 15 is 0 Å². The fraction of sp³-hybridized carbons (Fsp3) is 0.500. The number of carbonyl (C=O) groups is 2. The van der Waals surface area contributed by atoms with Crippen molar-refractivity contribution in [1.29, 1.82) is 0 Å². The molecule has 0 saturated carbocycles. The van der Waals surface area contributed by atoms with E-state index in [2.05, 4.69) is 5.32 Å². The zero-order chi connectivity index (χ0) is 7.28. The number of nitrogens with one attached hydrogen (secondary N) is 1. The van der Waals surface area contributed by atoms with Gasteiger partial charge < -0.3 is 10.2 Å². The van der Waals surface area contributed by atoms with Crippen molar-refractivity contribution in [1.82, 2.24) is 5.32 Å². The van der Waals surface area contributed by atoms with Crippen LogP contribution in [0.1, 0.15) is 0 Å². The molecule has 0 aromatic heterocycles. The van der Waals surface area contributed by atoms with Crippen LogP contribution in [0.15, 0.2) is 0 Å². The summed E-state index contributed by atoms with van der Waals surface area (Å²) in [5.74, 6) is -2.12. The number of rotatable bonds is 4. The van der Waals surface area contributed by atoms with Gasteiger partial charge in [0.1, 0.15) is 0 Å². The standard InChI is InChI=1S/C4H7NO4.2Na/c6-3(7)1-5-2-4(8)9;;/h5H,1-2H2,(H,6,7)(H,8,9);;/q;2*+1. The summed E-state index contributed by atoms with van der Waals surface area (Å²) in [7, 11) is 0. The van der Waals surface area contributed by atoms with Crippen molar-refractivity contribution in [3.63, 3.8) is 0 Å². The van der Waals surface area contributed by atoms with E-state index in [1.807, 2.05) is 0 Å². The van der Waals surface area contributed by atoms with E-state index in [-0.39, 0.29) is 72.2 Å². The van der Waals surface area contributed by atoms with Gasteiger partial charge >= 0.3 is 71.1 Å². The second-order valence-corrected chi connectivity index (χ2v) is 1.39. The minimum atomic E-state index is -1.06. The summed E-state index contributed by atoms with van der Waals surface area (Å²) >= 11 is 0. The maximum atomic E-state index is 9.73. The second kappa shape index (κ2) is 10.9. The molecule has 0 atom stereocenters. The van der Waals surface area contributed by atoms with Gasteiger partial charge in [0.2, 0.25) is 0 Å². The van der Waals surface area contributed by atoms with Crippen molar-refractivity contribution in [2.75, 3.05) is 13.1 Å². The quantitative estimate of drug-likeness (QED) is 0.373. The van der Waals surface area contributed by atoms with E-state index in [1.54, 1.807) is 0 Å². The van der Waals surface area contributed by atoms with E-state index < -0.39 is 11.9 Å². The first kappa shape index (κ1) is 17.8. The van der Waals surface area contributed by atoms with Crippen LogP contribution < -0.4 is 64.4 Å². The fourth-order valence-electron chi connectivity index (χ4n) is 0.276. The first-order chi connectivity index (χ1) is 4.13. The van der Waals surface area contributed by atoms with Gasteiger partial charge in [0.25, 0.3) is 0 Å². The molecule has 0 amide bonds. The summed E-state index contributed by atoms with van der Waals surface area (Å²) in [5.41, 5.74) is 0. The molecule has 11 heavy (non-hydrogen) atoms. The molecule has 0 spiro atoms. The Morgan fingerprint density at radius 3 is 1.45 bits per heavy atom. The Hall–Kier alpha value is 0.900. The fourth-order valence-corrected chi connectivity index (χ4v) is 0.276. The van der Waals surface area contributed by atoms with Crippen molar-refractivity contribution >= 4 is 11.9 Å². The predicted octanol–water partition coefficient (Wildman–Crippen LogP) is -7.25. The summed E-state index contributed by atoms with van der Waals surface area (Å²) in [4.78, 5) is 19.5. The van der Waals surface area contributed by atoms with Gasteiger partial charge in [-0.15, -0.1) is 0 Å². The molecule has 3 N–H and O–H groups in total. The summed E-state index contributed by atoms with van der Waals surface area (Å²) in [5, 5.41) is 18.1. The zero-order valence-electron chi connectivity index (χ0n) is 6.63. The molecular weight excluding hydrogens is 172 g/mol. The largest absolute Gasteiger partial charge is 1.00 e. The van der Waals surface area contributed by atoms with Crippen molar-refractivity contribution in [2.24, 2.45) is 0 Å². The third-order valence-electron chi connectivity index (χ3n) is 0.552. The minimum absolute atomic E-state index is 0. The van der Waals surface area contributed by atoms with Gasteiger partial charge in [-0.2, -0.15) is 0 Å². The third-order valence-corrected chi connectivity index (χ3v) is 0.552. The second-order valence-electron chi connectivity index (χ2n) is 1.39. The van der Waals surface area contributed by atoms with Gasteiger partial charge in [-0.25, -0.2) is 0 Å². The van der Waals surface area contributed by atoms with Gasteiger partial charge in [-0.3, -0.25) is 14.9 Å². The molecule has 0 aliphatic rings. The maximum absolute atomic E-state index is 9.73. The predicted molar refractivity (Wildman–Crippen MR) is 28.1 cm³/mol. The van der Waals surface area contributed by atoms with Gasteiger partial charge in [0.05, 0.1) is 13.1 Å². The summed E-state index contributed by atoms with van der Waals surface area (Å²) in [6.07, 6.45) is 0. The Bertz CT molecular complexity index is 115. The monoisotopic (exact) mass is 179 g/mol. The van der Waals surface area contributed by atoms with Gasteiger partial charge in [0.15, 0.2) is 0 Å². The van der Waals surface area contributed by atoms with Crippen LogP contribution in [0.25, 0.3) is 0 Å². The normalized spacial score (nSPS) is 7.27. The Kier molecular flexibility index (Phi) is 17.7. The van der Waals surface area contributed by atoms with Crippen LogP contribution in [0, 0.1) is 0 Å². The van der Waals surface area contributed by atoms with E-state index in [0.29, 0.717) is 0 Å². The molecular formula is C4H7NNa2O4+2. The Morgan fingerprint density at radius 1 is 1.00 bits per heavy atom. The number of carboxylic acid groups (broad SMARTS) is 2. The van der Waals surface area contributed by atoms with E-state index in [4.69, 9.17) is 10.2 Å². The number of hydrogen-bond acceptors (Lipinski definition) is 3. The minimum Gasteiger partial charge on any atom is -0.480 e. The number of hydrogen-bond donors (Lipinski definition) is 3. The molecule has 0 aliphatic heterocycles. The Labute approximate surface area is 108 Å². The van der Waals surface area contributed by atoms with Crippen molar-refractivity contribution in [2.45, 2.75) is 0 Å². The molecule has 0 fully saturated rings. The number of aliphatic carboxylic acids is 2. The molecule has 0 aromatic rings. The summed E-state index contributed by atoms with van der Waals surface area (Å²) < 4.78 is 0. The van der Waals surface area contributed by atoms with Crippen LogP contribution in [0.5, 0.6) is 0 Å². The summed E-state index contributed by atoms with van der Waals surface area (Å²) in [6.45, 7) is -0.626. The summed E-state index contributed by atoms with van der Waals surface area (Å²) in [6, 6.07) is 0. The first-order valence-electron chi connectivity index (χ1n) is 2.27. The van der Waals surface area contributed by atoms with Crippen LogP contribution >= 0.6 is 0 Å². The molecule has 0 aliphatic carbocycles.